The molecule has 1 fully saturated rings. The number of halogens is 1. The number of nitrogens with one attached hydrogen (secondary N) is 2. The summed E-state index contributed by atoms with van der Waals surface area (Å²) in [4.78, 5) is 23.8. The van der Waals surface area contributed by atoms with Crippen molar-refractivity contribution >= 4 is 29.9 Å². The Morgan fingerprint density at radius 3 is 2.86 bits per heavy atom. The summed E-state index contributed by atoms with van der Waals surface area (Å²) in [7, 11) is 0. The smallest absolute Gasteiger partial charge is 0.266 e. The first-order chi connectivity index (χ1) is 10.1. The van der Waals surface area contributed by atoms with Crippen LogP contribution in [0.4, 0.5) is 5.69 Å². The third-order valence-electron chi connectivity index (χ3n) is 3.84. The zero-order valence-corrected chi connectivity index (χ0v) is 12.9. The summed E-state index contributed by atoms with van der Waals surface area (Å²) in [6.45, 7) is 0.453. The third kappa shape index (κ3) is 3.90. The molecule has 1 aromatic carbocycles. The lowest BCUT2D eigenvalue weighted by molar-refractivity contribution is -0.130. The number of anilines is 1. The minimum atomic E-state index is -0.794. The van der Waals surface area contributed by atoms with Gasteiger partial charge >= 0.3 is 0 Å². The molecule has 1 aromatic rings. The van der Waals surface area contributed by atoms with E-state index in [4.69, 9.17) is 10.5 Å². The normalized spacial score (nSPS) is 20.8. The van der Waals surface area contributed by atoms with Crippen LogP contribution in [0.1, 0.15) is 19.3 Å². The maximum absolute atomic E-state index is 11.9. The van der Waals surface area contributed by atoms with Crippen LogP contribution in [-0.4, -0.2) is 30.5 Å². The second kappa shape index (κ2) is 6.98. The molecular weight excluding hydrogens is 306 g/mol. The molecule has 1 heterocycles. The standard InChI is InChI=1S/C15H19N3O3.ClH/c16-10(9-5-6-9)8-17-14(19)7-13-15(20)18-11-3-1-2-4-12(11)21-13;/h1-4,9-10,13H,5-8,16H2,(H,17,19)(H,18,20);1H. The van der Waals surface area contributed by atoms with Gasteiger partial charge in [0.15, 0.2) is 6.10 Å². The van der Waals surface area contributed by atoms with Gasteiger partial charge in [0.1, 0.15) is 5.75 Å². The summed E-state index contributed by atoms with van der Waals surface area (Å²) < 4.78 is 5.58. The first-order valence-electron chi connectivity index (χ1n) is 7.22. The van der Waals surface area contributed by atoms with Crippen molar-refractivity contribution in [3.63, 3.8) is 0 Å². The summed E-state index contributed by atoms with van der Waals surface area (Å²) in [6, 6.07) is 7.17. The lowest BCUT2D eigenvalue weighted by Gasteiger charge is -2.25. The maximum Gasteiger partial charge on any atom is 0.266 e. The van der Waals surface area contributed by atoms with Crippen LogP contribution in [0, 0.1) is 5.92 Å². The molecule has 22 heavy (non-hydrogen) atoms. The van der Waals surface area contributed by atoms with Gasteiger partial charge in [-0.2, -0.15) is 0 Å². The van der Waals surface area contributed by atoms with E-state index in [-0.39, 0.29) is 36.7 Å². The molecule has 1 aliphatic heterocycles. The number of nitrogens with two attached hydrogens (primary N) is 1. The number of para-hydroxylation sites is 2. The van der Waals surface area contributed by atoms with Crippen LogP contribution in [0.2, 0.25) is 0 Å². The SMILES string of the molecule is Cl.NC(CNC(=O)CC1Oc2ccccc2NC1=O)C1CC1. The number of benzene rings is 1. The summed E-state index contributed by atoms with van der Waals surface area (Å²) in [5.41, 5.74) is 6.56. The van der Waals surface area contributed by atoms with Crippen LogP contribution in [0.15, 0.2) is 24.3 Å². The van der Waals surface area contributed by atoms with Gasteiger partial charge in [0, 0.05) is 12.6 Å². The average Bonchev–Trinajstić information content (AvgIpc) is 3.30. The van der Waals surface area contributed by atoms with Crippen LogP contribution >= 0.6 is 12.4 Å². The first kappa shape index (κ1) is 16.6. The molecule has 2 atom stereocenters. The fraction of sp³-hybridized carbons (Fsp3) is 0.467. The Kier molecular flexibility index (Phi) is 5.26. The third-order valence-corrected chi connectivity index (χ3v) is 3.84. The van der Waals surface area contributed by atoms with Gasteiger partial charge in [-0.25, -0.2) is 0 Å². The van der Waals surface area contributed by atoms with Crippen molar-refractivity contribution in [2.75, 3.05) is 11.9 Å². The monoisotopic (exact) mass is 325 g/mol. The zero-order chi connectivity index (χ0) is 14.8. The largest absolute Gasteiger partial charge is 0.478 e. The Hall–Kier alpha value is -1.79. The summed E-state index contributed by atoms with van der Waals surface area (Å²) in [6.07, 6.45) is 1.48. The van der Waals surface area contributed by atoms with Gasteiger partial charge < -0.3 is 21.1 Å². The molecule has 2 unspecified atom stereocenters. The predicted molar refractivity (Wildman–Crippen MR) is 85.1 cm³/mol. The van der Waals surface area contributed by atoms with E-state index in [0.29, 0.717) is 23.9 Å². The van der Waals surface area contributed by atoms with E-state index in [2.05, 4.69) is 10.6 Å². The lowest BCUT2D eigenvalue weighted by Crippen LogP contribution is -2.43. The van der Waals surface area contributed by atoms with E-state index in [1.807, 2.05) is 12.1 Å². The molecule has 1 saturated carbocycles. The van der Waals surface area contributed by atoms with Crippen molar-refractivity contribution in [1.82, 2.24) is 5.32 Å². The summed E-state index contributed by atoms with van der Waals surface area (Å²) in [5.74, 6) is 0.608. The van der Waals surface area contributed by atoms with Gasteiger partial charge in [-0.1, -0.05) is 12.1 Å². The molecule has 2 amide bonds. The van der Waals surface area contributed by atoms with Crippen molar-refractivity contribution < 1.29 is 14.3 Å². The zero-order valence-electron chi connectivity index (χ0n) is 12.1. The van der Waals surface area contributed by atoms with Crippen LogP contribution in [0.5, 0.6) is 5.75 Å². The topological polar surface area (TPSA) is 93.4 Å². The minimum Gasteiger partial charge on any atom is -0.478 e. The molecule has 2 aliphatic rings. The highest BCUT2D eigenvalue weighted by Gasteiger charge is 2.31. The number of carbonyl (C=O) groups is 2. The fourth-order valence-electron chi connectivity index (χ4n) is 2.39. The highest BCUT2D eigenvalue weighted by atomic mass is 35.5. The van der Waals surface area contributed by atoms with Crippen molar-refractivity contribution in [3.05, 3.63) is 24.3 Å². The Labute approximate surface area is 135 Å². The first-order valence-corrected chi connectivity index (χ1v) is 7.22. The number of fused-ring (bicyclic) bond motifs is 1. The molecule has 0 radical (unpaired) electrons. The van der Waals surface area contributed by atoms with E-state index in [1.54, 1.807) is 12.1 Å². The van der Waals surface area contributed by atoms with Gasteiger partial charge in [0.2, 0.25) is 5.91 Å². The van der Waals surface area contributed by atoms with Gasteiger partial charge in [-0.05, 0) is 30.9 Å². The number of carbonyl (C=O) groups excluding carboxylic acids is 2. The highest BCUT2D eigenvalue weighted by Crippen LogP contribution is 2.31. The molecule has 0 bridgehead atoms. The van der Waals surface area contributed by atoms with Crippen molar-refractivity contribution in [1.29, 1.82) is 0 Å². The van der Waals surface area contributed by atoms with E-state index in [9.17, 15) is 9.59 Å². The molecule has 0 spiro atoms. The lowest BCUT2D eigenvalue weighted by atomic mass is 10.1. The van der Waals surface area contributed by atoms with Crippen LogP contribution in [0.3, 0.4) is 0 Å². The molecule has 4 N–H and O–H groups in total. The fourth-order valence-corrected chi connectivity index (χ4v) is 2.39. The van der Waals surface area contributed by atoms with Crippen molar-refractivity contribution in [3.8, 4) is 5.75 Å². The quantitative estimate of drug-likeness (QED) is 0.754. The van der Waals surface area contributed by atoms with Gasteiger partial charge in [-0.15, -0.1) is 12.4 Å². The Bertz CT molecular complexity index is 563. The Balaban J connectivity index is 0.00000176. The van der Waals surface area contributed by atoms with Crippen LogP contribution in [0.25, 0.3) is 0 Å². The Morgan fingerprint density at radius 2 is 2.14 bits per heavy atom. The molecule has 120 valence electrons. The second-order valence-electron chi connectivity index (χ2n) is 5.60. The van der Waals surface area contributed by atoms with E-state index >= 15 is 0 Å². The molecule has 0 aromatic heterocycles. The number of amides is 2. The average molecular weight is 326 g/mol. The summed E-state index contributed by atoms with van der Waals surface area (Å²) in [5, 5.41) is 5.51. The Morgan fingerprint density at radius 1 is 1.41 bits per heavy atom. The molecule has 0 saturated heterocycles. The van der Waals surface area contributed by atoms with Gasteiger partial charge in [0.05, 0.1) is 12.1 Å². The van der Waals surface area contributed by atoms with E-state index in [1.165, 1.54) is 0 Å². The molecule has 7 heteroatoms. The van der Waals surface area contributed by atoms with Gasteiger partial charge in [-0.3, -0.25) is 9.59 Å². The summed E-state index contributed by atoms with van der Waals surface area (Å²) >= 11 is 0. The number of rotatable bonds is 5. The van der Waals surface area contributed by atoms with Crippen molar-refractivity contribution in [2.24, 2.45) is 11.7 Å². The number of hydrogen-bond acceptors (Lipinski definition) is 4. The predicted octanol–water partition coefficient (Wildman–Crippen LogP) is 1.05. The van der Waals surface area contributed by atoms with Gasteiger partial charge in [0.25, 0.3) is 5.91 Å². The second-order valence-corrected chi connectivity index (χ2v) is 5.60. The molecular formula is C15H20ClN3O3. The number of ether oxygens (including phenoxy) is 1. The van der Waals surface area contributed by atoms with E-state index < -0.39 is 6.10 Å². The van der Waals surface area contributed by atoms with Crippen LogP contribution in [-0.2, 0) is 9.59 Å². The number of hydrogen-bond donors (Lipinski definition) is 3. The molecule has 1 aliphatic carbocycles. The van der Waals surface area contributed by atoms with Crippen molar-refractivity contribution in [2.45, 2.75) is 31.4 Å². The minimum absolute atomic E-state index is 0. The van der Waals surface area contributed by atoms with Crippen LogP contribution < -0.4 is 21.1 Å². The molecule has 6 nitrogen and oxygen atoms in total. The molecule has 3 rings (SSSR count). The van der Waals surface area contributed by atoms with E-state index in [0.717, 1.165) is 12.8 Å². The highest BCUT2D eigenvalue weighted by molar-refractivity contribution is 5.99. The maximum atomic E-state index is 11.9.